The van der Waals surface area contributed by atoms with Crippen LogP contribution in [-0.2, 0) is 11.3 Å². The van der Waals surface area contributed by atoms with Gasteiger partial charge < -0.3 is 15.8 Å². The summed E-state index contributed by atoms with van der Waals surface area (Å²) in [6, 6.07) is 0. The lowest BCUT2D eigenvalue weighted by Crippen LogP contribution is -2.28. The van der Waals surface area contributed by atoms with Crippen LogP contribution in [0.4, 0.5) is 0 Å². The van der Waals surface area contributed by atoms with Gasteiger partial charge in [0.05, 0.1) is 12.2 Å². The van der Waals surface area contributed by atoms with Crippen LogP contribution >= 0.6 is 11.3 Å². The lowest BCUT2D eigenvalue weighted by atomic mass is 10.2. The number of aromatic nitrogens is 1. The van der Waals surface area contributed by atoms with Gasteiger partial charge in [-0.15, -0.1) is 11.3 Å². The molecule has 0 amide bonds. The van der Waals surface area contributed by atoms with E-state index in [0.29, 0.717) is 12.6 Å². The molecular weight excluding hydrogens is 222 g/mol. The molecule has 0 aliphatic carbocycles. The smallest absolute Gasteiger partial charge is 0.107 e. The fraction of sp³-hybridized carbons (Fsp3) is 0.727. The zero-order valence-electron chi connectivity index (χ0n) is 9.61. The molecule has 1 fully saturated rings. The van der Waals surface area contributed by atoms with E-state index in [4.69, 9.17) is 10.5 Å². The molecule has 0 aromatic carbocycles. The van der Waals surface area contributed by atoms with Crippen LogP contribution in [0.15, 0.2) is 5.38 Å². The van der Waals surface area contributed by atoms with Crippen molar-refractivity contribution in [3.63, 3.8) is 0 Å². The first kappa shape index (κ1) is 12.0. The first-order chi connectivity index (χ1) is 7.78. The maximum absolute atomic E-state index is 5.75. The van der Waals surface area contributed by atoms with Crippen molar-refractivity contribution in [2.75, 3.05) is 13.1 Å². The average molecular weight is 241 g/mol. The van der Waals surface area contributed by atoms with Gasteiger partial charge in [0, 0.05) is 30.7 Å². The summed E-state index contributed by atoms with van der Waals surface area (Å²) in [6.07, 6.45) is 2.81. The topological polar surface area (TPSA) is 60.2 Å². The van der Waals surface area contributed by atoms with Gasteiger partial charge in [-0.2, -0.15) is 0 Å². The highest BCUT2D eigenvalue weighted by Gasteiger charge is 2.23. The maximum Gasteiger partial charge on any atom is 0.107 e. The van der Waals surface area contributed by atoms with Crippen molar-refractivity contribution < 1.29 is 4.74 Å². The summed E-state index contributed by atoms with van der Waals surface area (Å²) in [7, 11) is 0. The molecule has 0 bridgehead atoms. The van der Waals surface area contributed by atoms with Gasteiger partial charge in [-0.3, -0.25) is 0 Å². The molecule has 2 rings (SSSR count). The molecule has 16 heavy (non-hydrogen) atoms. The van der Waals surface area contributed by atoms with Crippen molar-refractivity contribution in [2.45, 2.75) is 38.5 Å². The minimum Gasteiger partial charge on any atom is -0.372 e. The maximum atomic E-state index is 5.75. The number of ether oxygens (including phenoxy) is 1. The molecule has 2 heterocycles. The molecule has 0 saturated carbocycles. The number of aryl methyl sites for hydroxylation is 1. The Morgan fingerprint density at radius 1 is 1.56 bits per heavy atom. The Hall–Kier alpha value is -0.490. The summed E-state index contributed by atoms with van der Waals surface area (Å²) in [6.45, 7) is 4.40. The number of hydrogen-bond acceptors (Lipinski definition) is 5. The molecule has 2 unspecified atom stereocenters. The Morgan fingerprint density at radius 2 is 2.38 bits per heavy atom. The van der Waals surface area contributed by atoms with E-state index >= 15 is 0 Å². The van der Waals surface area contributed by atoms with Crippen LogP contribution in [0.2, 0.25) is 0 Å². The number of nitrogens with one attached hydrogen (secondary N) is 1. The SMILES string of the molecule is Cc1csc(CNCC2CCC(CN)O2)n1. The molecule has 0 spiro atoms. The summed E-state index contributed by atoms with van der Waals surface area (Å²) in [4.78, 5) is 4.40. The van der Waals surface area contributed by atoms with Crippen LogP contribution in [0.1, 0.15) is 23.5 Å². The van der Waals surface area contributed by atoms with Gasteiger partial charge in [-0.25, -0.2) is 4.98 Å². The summed E-state index contributed by atoms with van der Waals surface area (Å²) >= 11 is 1.70. The van der Waals surface area contributed by atoms with Crippen LogP contribution in [0.5, 0.6) is 0 Å². The zero-order valence-corrected chi connectivity index (χ0v) is 10.4. The molecule has 1 aromatic rings. The van der Waals surface area contributed by atoms with Gasteiger partial charge in [-0.05, 0) is 19.8 Å². The van der Waals surface area contributed by atoms with E-state index in [0.717, 1.165) is 36.6 Å². The summed E-state index contributed by atoms with van der Waals surface area (Å²) in [5.74, 6) is 0. The molecule has 4 nitrogen and oxygen atoms in total. The number of rotatable bonds is 5. The van der Waals surface area contributed by atoms with Crippen molar-refractivity contribution in [3.8, 4) is 0 Å². The first-order valence-corrected chi connectivity index (χ1v) is 6.63. The predicted octanol–water partition coefficient (Wildman–Crippen LogP) is 1.05. The average Bonchev–Trinajstić information content (AvgIpc) is 2.88. The highest BCUT2D eigenvalue weighted by Crippen LogP contribution is 2.18. The number of nitrogens with two attached hydrogens (primary N) is 1. The Morgan fingerprint density at radius 3 is 3.00 bits per heavy atom. The molecule has 1 saturated heterocycles. The molecule has 3 N–H and O–H groups in total. The first-order valence-electron chi connectivity index (χ1n) is 5.75. The van der Waals surface area contributed by atoms with E-state index in [1.54, 1.807) is 11.3 Å². The van der Waals surface area contributed by atoms with Crippen LogP contribution in [0.3, 0.4) is 0 Å². The van der Waals surface area contributed by atoms with Crippen LogP contribution < -0.4 is 11.1 Å². The summed E-state index contributed by atoms with van der Waals surface area (Å²) < 4.78 is 5.75. The Bertz CT molecular complexity index is 329. The van der Waals surface area contributed by atoms with Gasteiger partial charge in [0.25, 0.3) is 0 Å². The second kappa shape index (κ2) is 5.72. The third kappa shape index (κ3) is 3.25. The van der Waals surface area contributed by atoms with Crippen LogP contribution in [0, 0.1) is 6.92 Å². The van der Waals surface area contributed by atoms with Crippen molar-refractivity contribution in [1.82, 2.24) is 10.3 Å². The van der Waals surface area contributed by atoms with E-state index in [1.165, 1.54) is 0 Å². The van der Waals surface area contributed by atoms with Gasteiger partial charge in [0.2, 0.25) is 0 Å². The second-order valence-electron chi connectivity index (χ2n) is 4.21. The van der Waals surface area contributed by atoms with E-state index in [1.807, 2.05) is 6.92 Å². The Kier molecular flexibility index (Phi) is 4.29. The van der Waals surface area contributed by atoms with Crippen molar-refractivity contribution in [1.29, 1.82) is 0 Å². The van der Waals surface area contributed by atoms with Gasteiger partial charge >= 0.3 is 0 Å². The fourth-order valence-electron chi connectivity index (χ4n) is 1.93. The van der Waals surface area contributed by atoms with E-state index in [-0.39, 0.29) is 6.10 Å². The number of nitrogens with zero attached hydrogens (tertiary/aromatic N) is 1. The lowest BCUT2D eigenvalue weighted by molar-refractivity contribution is 0.0503. The van der Waals surface area contributed by atoms with Crippen molar-refractivity contribution >= 4 is 11.3 Å². The minimum absolute atomic E-state index is 0.272. The quantitative estimate of drug-likeness (QED) is 0.809. The number of thiazole rings is 1. The fourth-order valence-corrected chi connectivity index (χ4v) is 2.67. The predicted molar refractivity (Wildman–Crippen MR) is 65.5 cm³/mol. The monoisotopic (exact) mass is 241 g/mol. The third-order valence-electron chi connectivity index (χ3n) is 2.77. The lowest BCUT2D eigenvalue weighted by Gasteiger charge is -2.12. The van der Waals surface area contributed by atoms with Crippen molar-refractivity contribution in [2.24, 2.45) is 5.73 Å². The van der Waals surface area contributed by atoms with Crippen molar-refractivity contribution in [3.05, 3.63) is 16.1 Å². The van der Waals surface area contributed by atoms with E-state index < -0.39 is 0 Å². The molecule has 90 valence electrons. The molecule has 0 radical (unpaired) electrons. The zero-order chi connectivity index (χ0) is 11.4. The highest BCUT2D eigenvalue weighted by atomic mass is 32.1. The molecule has 1 aliphatic heterocycles. The molecule has 2 atom stereocenters. The standard InChI is InChI=1S/C11H19N3OS/c1-8-7-16-11(14-8)6-13-5-10-3-2-9(4-12)15-10/h7,9-10,13H,2-6,12H2,1H3. The number of hydrogen-bond donors (Lipinski definition) is 2. The molecule has 1 aliphatic rings. The molecule has 1 aromatic heterocycles. The van der Waals surface area contributed by atoms with Crippen LogP contribution in [-0.4, -0.2) is 30.3 Å². The third-order valence-corrected chi connectivity index (χ3v) is 3.74. The Labute approximate surface area is 100 Å². The Balaban J connectivity index is 1.65. The van der Waals surface area contributed by atoms with E-state index in [2.05, 4.69) is 15.7 Å². The molecular formula is C11H19N3OS. The molecule has 5 heteroatoms. The normalized spacial score (nSPS) is 25.1. The van der Waals surface area contributed by atoms with Gasteiger partial charge in [0.1, 0.15) is 5.01 Å². The minimum atomic E-state index is 0.272. The highest BCUT2D eigenvalue weighted by molar-refractivity contribution is 7.09. The van der Waals surface area contributed by atoms with Crippen LogP contribution in [0.25, 0.3) is 0 Å². The van der Waals surface area contributed by atoms with Gasteiger partial charge in [0.15, 0.2) is 0 Å². The van der Waals surface area contributed by atoms with E-state index in [9.17, 15) is 0 Å². The second-order valence-corrected chi connectivity index (χ2v) is 5.15. The summed E-state index contributed by atoms with van der Waals surface area (Å²) in [5.41, 5.74) is 6.66. The largest absolute Gasteiger partial charge is 0.372 e. The van der Waals surface area contributed by atoms with Gasteiger partial charge in [-0.1, -0.05) is 0 Å². The summed E-state index contributed by atoms with van der Waals surface area (Å²) in [5, 5.41) is 6.60.